The molecule has 3 heterocycles. The molecule has 2 amide bonds. The van der Waals surface area contributed by atoms with Gasteiger partial charge < -0.3 is 10.2 Å². The van der Waals surface area contributed by atoms with Crippen molar-refractivity contribution in [1.82, 2.24) is 10.2 Å². The maximum absolute atomic E-state index is 13.2. The van der Waals surface area contributed by atoms with Crippen molar-refractivity contribution in [2.24, 2.45) is 0 Å². The molecular weight excluding hydrogens is 399 g/mol. The third kappa shape index (κ3) is 2.79. The summed E-state index contributed by atoms with van der Waals surface area (Å²) in [5.41, 5.74) is 1.61. The molecule has 28 heavy (non-hydrogen) atoms. The number of hydrogen-bond donors (Lipinski definition) is 1. The minimum Gasteiger partial charge on any atom is -0.347 e. The van der Waals surface area contributed by atoms with Gasteiger partial charge >= 0.3 is 0 Å². The summed E-state index contributed by atoms with van der Waals surface area (Å²) in [6.07, 6.45) is 1.30. The van der Waals surface area contributed by atoms with E-state index in [2.05, 4.69) is 5.32 Å². The van der Waals surface area contributed by atoms with Crippen molar-refractivity contribution >= 4 is 44.8 Å². The number of benzene rings is 2. The molecule has 0 saturated carbocycles. The highest BCUT2D eigenvalue weighted by atomic mass is 35.5. The van der Waals surface area contributed by atoms with Crippen molar-refractivity contribution < 1.29 is 14.0 Å². The molecule has 2 aliphatic heterocycles. The van der Waals surface area contributed by atoms with E-state index in [9.17, 15) is 14.0 Å². The standard InChI is InChI=1S/C21H16ClFN2O2S/c22-18-15-6-3-13(12-1-4-14(23)5-2-12)9-16(15)28-19(18)20(27)25-10-21(11-25)8-7-17(26)24-21/h1-6,9H,7-8,10-11H2,(H,24,26). The second-order valence-electron chi connectivity index (χ2n) is 7.45. The van der Waals surface area contributed by atoms with E-state index in [0.717, 1.165) is 27.6 Å². The number of carbonyl (C=O) groups is 2. The molecule has 4 nitrogen and oxygen atoms in total. The Hall–Kier alpha value is -2.44. The van der Waals surface area contributed by atoms with E-state index in [1.165, 1.54) is 23.5 Å². The first-order chi connectivity index (χ1) is 13.4. The summed E-state index contributed by atoms with van der Waals surface area (Å²) in [4.78, 5) is 26.7. The fourth-order valence-corrected chi connectivity index (χ4v) is 5.53. The lowest BCUT2D eigenvalue weighted by Crippen LogP contribution is -2.68. The molecule has 1 spiro atoms. The highest BCUT2D eigenvalue weighted by Crippen LogP contribution is 2.40. The highest BCUT2D eigenvalue weighted by molar-refractivity contribution is 7.21. The number of nitrogens with one attached hydrogen (secondary N) is 1. The van der Waals surface area contributed by atoms with Gasteiger partial charge in [-0.15, -0.1) is 11.3 Å². The summed E-state index contributed by atoms with van der Waals surface area (Å²) in [6, 6.07) is 12.1. The van der Waals surface area contributed by atoms with E-state index < -0.39 is 0 Å². The van der Waals surface area contributed by atoms with Crippen LogP contribution in [-0.4, -0.2) is 35.3 Å². The van der Waals surface area contributed by atoms with Crippen LogP contribution < -0.4 is 5.32 Å². The van der Waals surface area contributed by atoms with Gasteiger partial charge in [-0.1, -0.05) is 35.9 Å². The number of rotatable bonds is 2. The van der Waals surface area contributed by atoms with Crippen molar-refractivity contribution in [3.63, 3.8) is 0 Å². The molecule has 142 valence electrons. The van der Waals surface area contributed by atoms with Gasteiger partial charge in [-0.3, -0.25) is 9.59 Å². The van der Waals surface area contributed by atoms with Crippen molar-refractivity contribution in [2.45, 2.75) is 18.4 Å². The first kappa shape index (κ1) is 17.6. The molecular formula is C21H16ClFN2O2S. The Morgan fingerprint density at radius 2 is 1.86 bits per heavy atom. The van der Waals surface area contributed by atoms with Crippen LogP contribution in [0.15, 0.2) is 42.5 Å². The summed E-state index contributed by atoms with van der Waals surface area (Å²) in [5, 5.41) is 4.29. The van der Waals surface area contributed by atoms with Crippen LogP contribution in [0.5, 0.6) is 0 Å². The topological polar surface area (TPSA) is 49.4 Å². The van der Waals surface area contributed by atoms with Crippen LogP contribution >= 0.6 is 22.9 Å². The van der Waals surface area contributed by atoms with Gasteiger partial charge in [0, 0.05) is 29.6 Å². The number of fused-ring (bicyclic) bond motifs is 1. The Labute approximate surface area is 169 Å². The van der Waals surface area contributed by atoms with E-state index in [0.29, 0.717) is 29.4 Å². The SMILES string of the molecule is O=C1CCC2(CN(C(=O)c3sc4cc(-c5ccc(F)cc5)ccc4c3Cl)C2)N1. The number of hydrogen-bond acceptors (Lipinski definition) is 3. The molecule has 3 aromatic rings. The number of thiophene rings is 1. The lowest BCUT2D eigenvalue weighted by atomic mass is 9.88. The van der Waals surface area contributed by atoms with Crippen LogP contribution in [0.25, 0.3) is 21.2 Å². The van der Waals surface area contributed by atoms with E-state index in [1.807, 2.05) is 18.2 Å². The Morgan fingerprint density at radius 3 is 2.54 bits per heavy atom. The zero-order valence-electron chi connectivity index (χ0n) is 14.8. The number of halogens is 2. The molecule has 1 N–H and O–H groups in total. The van der Waals surface area contributed by atoms with Gasteiger partial charge in [-0.2, -0.15) is 0 Å². The zero-order valence-corrected chi connectivity index (χ0v) is 16.4. The van der Waals surface area contributed by atoms with Gasteiger partial charge in [0.1, 0.15) is 10.7 Å². The van der Waals surface area contributed by atoms with Gasteiger partial charge in [0.15, 0.2) is 0 Å². The fourth-order valence-electron chi connectivity index (χ4n) is 4.01. The van der Waals surface area contributed by atoms with Crippen molar-refractivity contribution in [1.29, 1.82) is 0 Å². The van der Waals surface area contributed by atoms with Gasteiger partial charge in [-0.25, -0.2) is 4.39 Å². The largest absolute Gasteiger partial charge is 0.347 e. The molecule has 0 unspecified atom stereocenters. The molecule has 0 aliphatic carbocycles. The molecule has 2 saturated heterocycles. The third-order valence-corrected chi connectivity index (χ3v) is 7.16. The Bertz CT molecular complexity index is 1120. The van der Waals surface area contributed by atoms with Gasteiger partial charge in [0.05, 0.1) is 10.6 Å². The molecule has 5 rings (SSSR count). The van der Waals surface area contributed by atoms with Crippen molar-refractivity contribution in [3.8, 4) is 11.1 Å². The maximum Gasteiger partial charge on any atom is 0.265 e. The lowest BCUT2D eigenvalue weighted by Gasteiger charge is -2.47. The molecule has 2 aliphatic rings. The first-order valence-corrected chi connectivity index (χ1v) is 10.2. The Kier molecular flexibility index (Phi) is 3.96. The molecule has 0 bridgehead atoms. The highest BCUT2D eigenvalue weighted by Gasteiger charge is 2.49. The second-order valence-corrected chi connectivity index (χ2v) is 8.88. The molecule has 0 radical (unpaired) electrons. The Morgan fingerprint density at radius 1 is 1.14 bits per heavy atom. The van der Waals surface area contributed by atoms with Crippen molar-refractivity contribution in [2.75, 3.05) is 13.1 Å². The number of likely N-dealkylation sites (tertiary alicyclic amines) is 1. The molecule has 2 fully saturated rings. The summed E-state index contributed by atoms with van der Waals surface area (Å²) in [7, 11) is 0. The average Bonchev–Trinajstić information content (AvgIpc) is 3.21. The normalized spacial score (nSPS) is 17.8. The predicted molar refractivity (Wildman–Crippen MR) is 108 cm³/mol. The average molecular weight is 415 g/mol. The summed E-state index contributed by atoms with van der Waals surface area (Å²) in [5.74, 6) is -0.315. The van der Waals surface area contributed by atoms with Crippen LogP contribution in [0.4, 0.5) is 4.39 Å². The van der Waals surface area contributed by atoms with Crippen LogP contribution in [0.2, 0.25) is 5.02 Å². The molecule has 2 aromatic carbocycles. The van der Waals surface area contributed by atoms with E-state index in [1.54, 1.807) is 17.0 Å². The van der Waals surface area contributed by atoms with Crippen LogP contribution in [0, 0.1) is 5.82 Å². The summed E-state index contributed by atoms with van der Waals surface area (Å²) < 4.78 is 14.1. The number of nitrogens with zero attached hydrogens (tertiary/aromatic N) is 1. The summed E-state index contributed by atoms with van der Waals surface area (Å²) >= 11 is 7.88. The smallest absolute Gasteiger partial charge is 0.265 e. The third-order valence-electron chi connectivity index (χ3n) is 5.51. The predicted octanol–water partition coefficient (Wildman–Crippen LogP) is 4.47. The molecule has 7 heteroatoms. The van der Waals surface area contributed by atoms with Gasteiger partial charge in [0.25, 0.3) is 5.91 Å². The van der Waals surface area contributed by atoms with E-state index in [4.69, 9.17) is 11.6 Å². The van der Waals surface area contributed by atoms with Crippen LogP contribution in [0.3, 0.4) is 0 Å². The van der Waals surface area contributed by atoms with Gasteiger partial charge in [-0.05, 0) is 35.7 Å². The minimum atomic E-state index is -0.275. The molecule has 1 aromatic heterocycles. The van der Waals surface area contributed by atoms with Crippen molar-refractivity contribution in [3.05, 3.63) is 58.2 Å². The van der Waals surface area contributed by atoms with Gasteiger partial charge in [0.2, 0.25) is 5.91 Å². The molecule has 0 atom stereocenters. The Balaban J connectivity index is 1.42. The van der Waals surface area contributed by atoms with Crippen LogP contribution in [0.1, 0.15) is 22.5 Å². The number of amides is 2. The van der Waals surface area contributed by atoms with E-state index in [-0.39, 0.29) is 23.2 Å². The first-order valence-electron chi connectivity index (χ1n) is 9.02. The second kappa shape index (κ2) is 6.29. The monoisotopic (exact) mass is 414 g/mol. The zero-order chi connectivity index (χ0) is 19.5. The number of carbonyl (C=O) groups excluding carboxylic acids is 2. The van der Waals surface area contributed by atoms with E-state index >= 15 is 0 Å². The maximum atomic E-state index is 13.2. The van der Waals surface area contributed by atoms with Crippen LogP contribution in [-0.2, 0) is 4.79 Å². The fraction of sp³-hybridized carbons (Fsp3) is 0.238. The summed E-state index contributed by atoms with van der Waals surface area (Å²) in [6.45, 7) is 1.06. The quantitative estimate of drug-likeness (QED) is 0.672. The minimum absolute atomic E-state index is 0.0558. The lowest BCUT2D eigenvalue weighted by molar-refractivity contribution is -0.120.